The first-order valence-corrected chi connectivity index (χ1v) is 7.59. The second-order valence-corrected chi connectivity index (χ2v) is 6.12. The van der Waals surface area contributed by atoms with Gasteiger partial charge in [0.2, 0.25) is 11.8 Å². The van der Waals surface area contributed by atoms with Crippen LogP contribution in [-0.2, 0) is 11.8 Å². The highest BCUT2D eigenvalue weighted by atomic mass is 16.5. The van der Waals surface area contributed by atoms with Crippen molar-refractivity contribution in [3.8, 4) is 11.9 Å². The molecule has 3 rings (SSSR count). The minimum Gasteiger partial charge on any atom is -0.420 e. The molecule has 0 radical (unpaired) electrons. The third-order valence-corrected chi connectivity index (χ3v) is 4.79. The minimum atomic E-state index is -0.316. The predicted octanol–water partition coefficient (Wildman–Crippen LogP) is -0.00522. The first-order valence-electron chi connectivity index (χ1n) is 7.59. The maximum atomic E-state index is 9.62. The summed E-state index contributed by atoms with van der Waals surface area (Å²) < 4.78 is 5.60. The number of nitriles is 1. The number of rotatable bonds is 2. The number of hydrogen-bond donors (Lipinski definition) is 3. The molecule has 4 N–H and O–H groups in total. The molecule has 6 nitrogen and oxygen atoms in total. The van der Waals surface area contributed by atoms with Crippen molar-refractivity contribution < 1.29 is 9.64 Å². The second-order valence-electron chi connectivity index (χ2n) is 6.12. The van der Waals surface area contributed by atoms with Crippen molar-refractivity contribution in [2.45, 2.75) is 38.0 Å². The van der Waals surface area contributed by atoms with Gasteiger partial charge in [0.05, 0.1) is 25.6 Å². The van der Waals surface area contributed by atoms with Crippen LogP contribution in [0.25, 0.3) is 0 Å². The van der Waals surface area contributed by atoms with E-state index in [0.717, 1.165) is 50.0 Å². The van der Waals surface area contributed by atoms with Crippen LogP contribution in [0.3, 0.4) is 0 Å². The molecule has 0 bridgehead atoms. The van der Waals surface area contributed by atoms with Crippen molar-refractivity contribution >= 4 is 0 Å². The molecule has 0 amide bonds. The van der Waals surface area contributed by atoms with Gasteiger partial charge in [0, 0.05) is 24.1 Å². The molecule has 21 heavy (non-hydrogen) atoms. The van der Waals surface area contributed by atoms with E-state index in [9.17, 15) is 5.26 Å². The molecule has 1 aromatic heterocycles. The highest BCUT2D eigenvalue weighted by Crippen LogP contribution is 2.48. The van der Waals surface area contributed by atoms with Gasteiger partial charge in [-0.15, -0.1) is 5.10 Å². The van der Waals surface area contributed by atoms with Crippen LogP contribution in [-0.4, -0.2) is 30.3 Å². The topological polar surface area (TPSA) is 92.2 Å². The zero-order valence-electron chi connectivity index (χ0n) is 12.6. The fourth-order valence-electron chi connectivity index (χ4n) is 3.64. The highest BCUT2D eigenvalue weighted by molar-refractivity contribution is 5.54. The van der Waals surface area contributed by atoms with Crippen LogP contribution in [0.2, 0.25) is 0 Å². The standard InChI is InChI=1S/C15H21N5O/c1-3-4-11-12-14(19-18-11)21-13(17)10(9-16)15(12)5-7-20(2)8-6-15/h3-8,17H2,1-2H3,(H,18,19)/p+1. The lowest BCUT2D eigenvalue weighted by Crippen LogP contribution is -3.10. The summed E-state index contributed by atoms with van der Waals surface area (Å²) in [6, 6.07) is 2.31. The van der Waals surface area contributed by atoms with E-state index >= 15 is 0 Å². The number of ether oxygens (including phenoxy) is 1. The van der Waals surface area contributed by atoms with Crippen molar-refractivity contribution in [1.29, 1.82) is 5.26 Å². The van der Waals surface area contributed by atoms with Gasteiger partial charge in [0.1, 0.15) is 11.6 Å². The van der Waals surface area contributed by atoms with Gasteiger partial charge in [-0.05, 0) is 6.42 Å². The van der Waals surface area contributed by atoms with Crippen LogP contribution in [0.4, 0.5) is 0 Å². The number of nitrogens with zero attached hydrogens (tertiary/aromatic N) is 2. The number of aromatic amines is 1. The average molecular weight is 288 g/mol. The summed E-state index contributed by atoms with van der Waals surface area (Å²) in [5.41, 5.74) is 8.43. The van der Waals surface area contributed by atoms with E-state index < -0.39 is 0 Å². The summed E-state index contributed by atoms with van der Waals surface area (Å²) in [4.78, 5) is 1.49. The molecule has 3 heterocycles. The fraction of sp³-hybridized carbons (Fsp3) is 0.600. The molecule has 0 saturated carbocycles. The Morgan fingerprint density at radius 3 is 2.81 bits per heavy atom. The van der Waals surface area contributed by atoms with Crippen LogP contribution >= 0.6 is 0 Å². The molecule has 0 unspecified atom stereocenters. The molecule has 1 fully saturated rings. The number of fused-ring (bicyclic) bond motifs is 2. The first kappa shape index (κ1) is 14.0. The monoisotopic (exact) mass is 288 g/mol. The number of allylic oxidation sites excluding steroid dienone is 1. The van der Waals surface area contributed by atoms with Crippen molar-refractivity contribution in [2.75, 3.05) is 20.1 Å². The number of nitrogens with one attached hydrogen (secondary N) is 2. The van der Waals surface area contributed by atoms with Gasteiger partial charge in [0.25, 0.3) is 0 Å². The van der Waals surface area contributed by atoms with Gasteiger partial charge in [-0.25, -0.2) is 0 Å². The molecule has 1 spiro atoms. The summed E-state index contributed by atoms with van der Waals surface area (Å²) in [6.07, 6.45) is 3.76. The smallest absolute Gasteiger partial charge is 0.244 e. The molecule has 112 valence electrons. The maximum absolute atomic E-state index is 9.62. The number of H-pyrrole nitrogens is 1. The van der Waals surface area contributed by atoms with Crippen molar-refractivity contribution in [1.82, 2.24) is 10.2 Å². The quantitative estimate of drug-likeness (QED) is 0.714. The summed E-state index contributed by atoms with van der Waals surface area (Å²) in [5.74, 6) is 0.786. The Morgan fingerprint density at radius 1 is 1.48 bits per heavy atom. The number of likely N-dealkylation sites (tertiary alicyclic amines) is 1. The van der Waals surface area contributed by atoms with E-state index in [0.29, 0.717) is 11.5 Å². The molecular formula is C15H22N5O+. The number of piperidine rings is 1. The molecule has 2 aliphatic heterocycles. The fourth-order valence-corrected chi connectivity index (χ4v) is 3.64. The van der Waals surface area contributed by atoms with E-state index in [4.69, 9.17) is 10.5 Å². The normalized spacial score (nSPS) is 28.1. The Balaban J connectivity index is 2.15. The molecule has 1 aromatic rings. The van der Waals surface area contributed by atoms with Gasteiger partial charge in [-0.2, -0.15) is 5.26 Å². The maximum Gasteiger partial charge on any atom is 0.244 e. The number of hydrogen-bond acceptors (Lipinski definition) is 4. The van der Waals surface area contributed by atoms with Gasteiger partial charge >= 0.3 is 0 Å². The average Bonchev–Trinajstić information content (AvgIpc) is 2.86. The molecule has 0 atom stereocenters. The van der Waals surface area contributed by atoms with Crippen molar-refractivity contribution in [3.63, 3.8) is 0 Å². The molecule has 6 heteroatoms. The molecule has 0 aliphatic carbocycles. The third kappa shape index (κ3) is 2.00. The highest BCUT2D eigenvalue weighted by Gasteiger charge is 2.49. The third-order valence-electron chi connectivity index (χ3n) is 4.79. The summed E-state index contributed by atoms with van der Waals surface area (Å²) in [6.45, 7) is 4.18. The Kier molecular flexibility index (Phi) is 3.38. The zero-order valence-corrected chi connectivity index (χ0v) is 12.6. The lowest BCUT2D eigenvalue weighted by Gasteiger charge is -2.40. The van der Waals surface area contributed by atoms with Crippen LogP contribution in [0.15, 0.2) is 11.5 Å². The first-order chi connectivity index (χ1) is 10.1. The SMILES string of the molecule is CCCc1[nH]nc2c1C1(CC[NH+](C)CC1)C(C#N)=C(N)O2. The summed E-state index contributed by atoms with van der Waals surface area (Å²) in [5, 5.41) is 17.0. The summed E-state index contributed by atoms with van der Waals surface area (Å²) in [7, 11) is 2.19. The van der Waals surface area contributed by atoms with Crippen LogP contribution < -0.4 is 15.4 Å². The van der Waals surface area contributed by atoms with Gasteiger partial charge in [-0.1, -0.05) is 13.3 Å². The Labute approximate surface area is 124 Å². The zero-order chi connectivity index (χ0) is 15.0. The lowest BCUT2D eigenvalue weighted by atomic mass is 9.66. The van der Waals surface area contributed by atoms with Crippen LogP contribution in [0, 0.1) is 11.3 Å². The van der Waals surface area contributed by atoms with Gasteiger partial charge in [0.15, 0.2) is 0 Å². The molecular weight excluding hydrogens is 266 g/mol. The van der Waals surface area contributed by atoms with E-state index in [1.807, 2.05) is 0 Å². The predicted molar refractivity (Wildman–Crippen MR) is 77.6 cm³/mol. The molecule has 0 aromatic carbocycles. The molecule has 1 saturated heterocycles. The van der Waals surface area contributed by atoms with Gasteiger partial charge < -0.3 is 15.4 Å². The number of nitrogens with two attached hydrogens (primary N) is 1. The number of quaternary nitrogens is 1. The van der Waals surface area contributed by atoms with Gasteiger partial charge in [-0.3, -0.25) is 5.10 Å². The van der Waals surface area contributed by atoms with E-state index in [-0.39, 0.29) is 11.3 Å². The Hall–Kier alpha value is -2.00. The molecule has 2 aliphatic rings. The van der Waals surface area contributed by atoms with E-state index in [1.54, 1.807) is 0 Å². The van der Waals surface area contributed by atoms with Crippen LogP contribution in [0.5, 0.6) is 5.88 Å². The van der Waals surface area contributed by atoms with Crippen molar-refractivity contribution in [3.05, 3.63) is 22.7 Å². The van der Waals surface area contributed by atoms with Crippen molar-refractivity contribution in [2.24, 2.45) is 5.73 Å². The largest absolute Gasteiger partial charge is 0.420 e. The lowest BCUT2D eigenvalue weighted by molar-refractivity contribution is -0.886. The summed E-state index contributed by atoms with van der Waals surface area (Å²) >= 11 is 0. The number of aromatic nitrogens is 2. The Morgan fingerprint density at radius 2 is 2.19 bits per heavy atom. The Bertz CT molecular complexity index is 616. The minimum absolute atomic E-state index is 0.221. The number of aryl methyl sites for hydroxylation is 1. The van der Waals surface area contributed by atoms with E-state index in [1.165, 1.54) is 4.90 Å². The van der Waals surface area contributed by atoms with Crippen LogP contribution in [0.1, 0.15) is 37.4 Å². The second kappa shape index (κ2) is 5.08. The van der Waals surface area contributed by atoms with E-state index in [2.05, 4.69) is 30.2 Å².